The zero-order chi connectivity index (χ0) is 25.0. The lowest BCUT2D eigenvalue weighted by Crippen LogP contribution is -2.39. The highest BCUT2D eigenvalue weighted by molar-refractivity contribution is 9.10. The predicted octanol–water partition coefficient (Wildman–Crippen LogP) is 3.50. The highest BCUT2D eigenvalue weighted by atomic mass is 79.9. The minimum Gasteiger partial charge on any atom is -0.394 e. The van der Waals surface area contributed by atoms with Gasteiger partial charge in [0.05, 0.1) is 25.5 Å². The van der Waals surface area contributed by atoms with Crippen LogP contribution in [0.25, 0.3) is 11.3 Å². The van der Waals surface area contributed by atoms with Crippen LogP contribution < -0.4 is 0 Å². The Balaban J connectivity index is 1.82. The molecule has 0 bridgehead atoms. The summed E-state index contributed by atoms with van der Waals surface area (Å²) in [7, 11) is 0. The lowest BCUT2D eigenvalue weighted by molar-refractivity contribution is -0.0972. The molecule has 1 heterocycles. The minimum atomic E-state index is -1.61. The number of thioether (sulfide) groups is 1. The predicted molar refractivity (Wildman–Crippen MR) is 119 cm³/mol. The number of hydrogen-bond donors (Lipinski definition) is 3. The van der Waals surface area contributed by atoms with Gasteiger partial charge in [0.15, 0.2) is 17.5 Å². The van der Waals surface area contributed by atoms with E-state index in [-0.39, 0.29) is 22.7 Å². The molecule has 3 rings (SSSR count). The molecule has 34 heavy (non-hydrogen) atoms. The molecule has 184 valence electrons. The molecule has 7 nitrogen and oxygen atoms in total. The number of aliphatic hydroxyl groups excluding tert-OH is 3. The molecule has 0 aliphatic carbocycles. The van der Waals surface area contributed by atoms with Crippen molar-refractivity contribution >= 4 is 27.7 Å². The topological polar surface area (TPSA) is 101 Å². The lowest BCUT2D eigenvalue weighted by Gasteiger charge is -2.28. The van der Waals surface area contributed by atoms with Crippen molar-refractivity contribution in [3.05, 3.63) is 64.3 Å². The number of halogens is 5. The maximum atomic E-state index is 14.3. The lowest BCUT2D eigenvalue weighted by atomic mass is 10.1. The second kappa shape index (κ2) is 11.6. The Hall–Kier alpha value is -2.03. The third kappa shape index (κ3) is 6.55. The van der Waals surface area contributed by atoms with Gasteiger partial charge in [0, 0.05) is 14.9 Å². The minimum absolute atomic E-state index is 0.0189. The summed E-state index contributed by atoms with van der Waals surface area (Å²) in [5, 5.41) is 37.7. The maximum Gasteiger partial charge on any atom is 0.194 e. The Kier molecular flexibility index (Phi) is 9.07. The molecular weight excluding hydrogens is 546 g/mol. The summed E-state index contributed by atoms with van der Waals surface area (Å²) in [6.07, 6.45) is -2.24. The summed E-state index contributed by atoms with van der Waals surface area (Å²) in [4.78, 5) is 0.136. The molecule has 0 saturated heterocycles. The maximum absolute atomic E-state index is 14.3. The van der Waals surface area contributed by atoms with E-state index in [0.717, 1.165) is 28.6 Å². The number of rotatable bonds is 10. The monoisotopic (exact) mass is 565 g/mol. The van der Waals surface area contributed by atoms with Crippen molar-refractivity contribution in [2.45, 2.75) is 42.1 Å². The molecule has 0 fully saturated rings. The first-order valence-corrected chi connectivity index (χ1v) is 11.6. The van der Waals surface area contributed by atoms with Crippen molar-refractivity contribution in [1.29, 1.82) is 0 Å². The SMILES string of the molecule is C[C@@H](O)C(CO)OC(Sc1cc(Br)ccc1F)[C@@H](O)Cn1cc(-c2cc(F)c(F)c(F)c2)nn1. The molecule has 4 atom stereocenters. The van der Waals surface area contributed by atoms with Gasteiger partial charge in [0.1, 0.15) is 29.2 Å². The van der Waals surface area contributed by atoms with Crippen molar-refractivity contribution in [3.8, 4) is 11.3 Å². The number of aliphatic hydroxyl groups is 3. The number of benzene rings is 2. The van der Waals surface area contributed by atoms with Crippen molar-refractivity contribution < 1.29 is 37.6 Å². The van der Waals surface area contributed by atoms with E-state index in [9.17, 15) is 32.9 Å². The number of ether oxygens (including phenoxy) is 1. The second-order valence-electron chi connectivity index (χ2n) is 7.31. The summed E-state index contributed by atoms with van der Waals surface area (Å²) < 4.78 is 62.0. The van der Waals surface area contributed by atoms with Gasteiger partial charge in [0.25, 0.3) is 0 Å². The quantitative estimate of drug-likeness (QED) is 0.150. The van der Waals surface area contributed by atoms with E-state index in [0.29, 0.717) is 4.47 Å². The molecule has 1 aromatic heterocycles. The summed E-state index contributed by atoms with van der Waals surface area (Å²) in [6.45, 7) is 0.585. The van der Waals surface area contributed by atoms with Crippen LogP contribution in [-0.2, 0) is 11.3 Å². The standard InChI is InChI=1S/C21H20BrF4N3O4S/c1-10(31)18(9-30)33-21(34-19-6-12(22)2-3-13(19)23)17(32)8-29-7-16(27-28-29)11-4-14(24)20(26)15(25)5-11/h2-7,10,17-18,21,30-32H,8-9H2,1H3/t10-,17+,18?,21?/m1/s1. The zero-order valence-electron chi connectivity index (χ0n) is 17.6. The molecule has 13 heteroatoms. The Labute approximate surface area is 204 Å². The van der Waals surface area contributed by atoms with Crippen LogP contribution in [-0.4, -0.2) is 60.7 Å². The van der Waals surface area contributed by atoms with Gasteiger partial charge < -0.3 is 20.1 Å². The summed E-state index contributed by atoms with van der Waals surface area (Å²) >= 11 is 4.07. The molecular formula is C21H20BrF4N3O4S. The number of aromatic nitrogens is 3. The molecule has 3 aromatic rings. The van der Waals surface area contributed by atoms with Crippen LogP contribution in [0.2, 0.25) is 0 Å². The van der Waals surface area contributed by atoms with E-state index in [4.69, 9.17) is 4.74 Å². The van der Waals surface area contributed by atoms with Crippen molar-refractivity contribution in [2.24, 2.45) is 0 Å². The van der Waals surface area contributed by atoms with E-state index >= 15 is 0 Å². The van der Waals surface area contributed by atoms with Crippen LogP contribution in [0.15, 0.2) is 45.9 Å². The van der Waals surface area contributed by atoms with Gasteiger partial charge in [-0.15, -0.1) is 5.10 Å². The molecule has 0 radical (unpaired) electrons. The van der Waals surface area contributed by atoms with Gasteiger partial charge >= 0.3 is 0 Å². The number of nitrogens with zero attached hydrogens (tertiary/aromatic N) is 3. The van der Waals surface area contributed by atoms with E-state index in [1.165, 1.54) is 31.3 Å². The van der Waals surface area contributed by atoms with Crippen LogP contribution in [0.4, 0.5) is 17.6 Å². The first kappa shape index (κ1) is 26.6. The first-order chi connectivity index (χ1) is 16.1. The Bertz CT molecular complexity index is 1110. The van der Waals surface area contributed by atoms with E-state index in [1.807, 2.05) is 0 Å². The molecule has 2 aromatic carbocycles. The summed E-state index contributed by atoms with van der Waals surface area (Å²) in [6, 6.07) is 5.71. The van der Waals surface area contributed by atoms with E-state index < -0.39 is 53.6 Å². The Morgan fingerprint density at radius 1 is 1.09 bits per heavy atom. The van der Waals surface area contributed by atoms with Crippen LogP contribution in [0.5, 0.6) is 0 Å². The average molecular weight is 566 g/mol. The fraction of sp³-hybridized carbons (Fsp3) is 0.333. The molecule has 0 aliphatic heterocycles. The molecule has 0 aliphatic rings. The molecule has 2 unspecified atom stereocenters. The van der Waals surface area contributed by atoms with Crippen molar-refractivity contribution in [2.75, 3.05) is 6.61 Å². The zero-order valence-corrected chi connectivity index (χ0v) is 20.0. The third-order valence-electron chi connectivity index (χ3n) is 4.67. The van der Waals surface area contributed by atoms with Gasteiger partial charge in [-0.05, 0) is 37.3 Å². The highest BCUT2D eigenvalue weighted by Crippen LogP contribution is 2.32. The largest absolute Gasteiger partial charge is 0.394 e. The molecule has 0 saturated carbocycles. The smallest absolute Gasteiger partial charge is 0.194 e. The normalized spacial score (nSPS) is 15.2. The molecule has 0 spiro atoms. The summed E-state index contributed by atoms with van der Waals surface area (Å²) in [5.74, 6) is -4.97. The Morgan fingerprint density at radius 2 is 1.76 bits per heavy atom. The van der Waals surface area contributed by atoms with Gasteiger partial charge in [0.2, 0.25) is 0 Å². The summed E-state index contributed by atoms with van der Waals surface area (Å²) in [5.41, 5.74) is -1.21. The van der Waals surface area contributed by atoms with Crippen LogP contribution in [0.3, 0.4) is 0 Å². The highest BCUT2D eigenvalue weighted by Gasteiger charge is 2.29. The van der Waals surface area contributed by atoms with Gasteiger partial charge in [-0.25, -0.2) is 22.2 Å². The molecule has 3 N–H and O–H groups in total. The number of hydrogen-bond acceptors (Lipinski definition) is 7. The van der Waals surface area contributed by atoms with Crippen LogP contribution in [0.1, 0.15) is 6.92 Å². The molecule has 0 amide bonds. The van der Waals surface area contributed by atoms with Gasteiger partial charge in [-0.3, -0.25) is 0 Å². The van der Waals surface area contributed by atoms with E-state index in [2.05, 4.69) is 26.2 Å². The van der Waals surface area contributed by atoms with E-state index in [1.54, 1.807) is 0 Å². The van der Waals surface area contributed by atoms with Crippen molar-refractivity contribution in [3.63, 3.8) is 0 Å². The van der Waals surface area contributed by atoms with Gasteiger partial charge in [-0.1, -0.05) is 32.9 Å². The third-order valence-corrected chi connectivity index (χ3v) is 6.39. The van der Waals surface area contributed by atoms with Crippen LogP contribution >= 0.6 is 27.7 Å². The fourth-order valence-corrected chi connectivity index (χ4v) is 4.45. The second-order valence-corrected chi connectivity index (χ2v) is 9.36. The Morgan fingerprint density at radius 3 is 2.38 bits per heavy atom. The first-order valence-electron chi connectivity index (χ1n) is 9.88. The fourth-order valence-electron chi connectivity index (χ4n) is 2.87. The average Bonchev–Trinajstić information content (AvgIpc) is 3.25. The van der Waals surface area contributed by atoms with Crippen LogP contribution in [0, 0.1) is 23.3 Å². The van der Waals surface area contributed by atoms with Gasteiger partial charge in [-0.2, -0.15) is 0 Å². The van der Waals surface area contributed by atoms with Crippen molar-refractivity contribution in [1.82, 2.24) is 15.0 Å².